The first kappa shape index (κ1) is 49.5. The highest BCUT2D eigenvalue weighted by atomic mass is 16.4. The lowest BCUT2D eigenvalue weighted by Gasteiger charge is -2.26. The zero-order chi connectivity index (χ0) is 52.2. The number of aromatic amines is 2. The number of fused-ring (bicyclic) bond motifs is 8. The normalized spacial score (nSPS) is 12.4. The zero-order valence-electron chi connectivity index (χ0n) is 43.9. The fourth-order valence-electron chi connectivity index (χ4n) is 8.95. The third-order valence-corrected chi connectivity index (χ3v) is 13.5. The number of hydrogen-bond donors (Lipinski definition) is 3. The second-order valence-electron chi connectivity index (χ2n) is 23.2. The molecule has 0 unspecified atom stereocenters. The van der Waals surface area contributed by atoms with Crippen LogP contribution in [0.1, 0.15) is 166 Å². The van der Waals surface area contributed by atoms with E-state index in [0.29, 0.717) is 28.1 Å². The van der Waals surface area contributed by atoms with Gasteiger partial charge < -0.3 is 15.1 Å². The van der Waals surface area contributed by atoms with Crippen LogP contribution in [-0.2, 0) is 21.7 Å². The summed E-state index contributed by atoms with van der Waals surface area (Å²) in [6.45, 7) is 27.0. The highest BCUT2D eigenvalue weighted by molar-refractivity contribution is 5.96. The lowest BCUT2D eigenvalue weighted by atomic mass is 9.78. The van der Waals surface area contributed by atoms with E-state index in [1.807, 2.05) is 24.3 Å². The van der Waals surface area contributed by atoms with E-state index in [1.165, 1.54) is 22.3 Å². The molecule has 7 aromatic rings. The van der Waals surface area contributed by atoms with E-state index < -0.39 is 5.97 Å². The molecule has 8 bridgehead atoms. The number of aromatic carboxylic acids is 1. The Morgan fingerprint density at radius 3 is 1.15 bits per heavy atom. The number of nitriles is 1. The van der Waals surface area contributed by atoms with E-state index >= 15 is 0 Å². The molecule has 0 spiro atoms. The SMILES string of the molecule is CC(C)(C)c1cc(-c2c3nc(c(C#Cc4ccc(C(=O)O)cc4)c4nc(c(-c5cc(C(C)(C)C)cc(C(C)(C)C)c5)c5ccc([nH]5)c(C#Cc5ccc(C#N)cc5)c5ccc2[nH]5)C=C4)C=C3)cc(C(C)(C)C)c1. The molecule has 9 rings (SSSR count). The minimum Gasteiger partial charge on any atom is -0.478 e. The number of benzene rings is 4. The van der Waals surface area contributed by atoms with Gasteiger partial charge in [0, 0.05) is 33.3 Å². The van der Waals surface area contributed by atoms with Gasteiger partial charge in [-0.2, -0.15) is 5.26 Å². The summed E-state index contributed by atoms with van der Waals surface area (Å²) in [6.07, 6.45) is 8.16. The number of rotatable bonds is 3. The Kier molecular flexibility index (Phi) is 12.6. The van der Waals surface area contributed by atoms with Crippen LogP contribution in [-0.4, -0.2) is 31.0 Å². The summed E-state index contributed by atoms with van der Waals surface area (Å²) in [5, 5.41) is 19.2. The number of aromatic nitrogens is 4. The third kappa shape index (κ3) is 10.5. The maximum Gasteiger partial charge on any atom is 0.335 e. The van der Waals surface area contributed by atoms with E-state index in [9.17, 15) is 15.2 Å². The molecule has 0 radical (unpaired) electrons. The Balaban J connectivity index is 1.45. The highest BCUT2D eigenvalue weighted by Gasteiger charge is 2.26. The summed E-state index contributed by atoms with van der Waals surface area (Å²) in [6, 6.07) is 38.4. The standard InChI is InChI=1S/C66H61N5O2/c1-63(2,3)46-33-44(34-47(37-46)64(4,5)6)60-56-29-25-52(68-56)50(23-19-40-13-15-42(39-67)16-14-40)53-26-30-57(69-53)61(45-35-48(65(7,8)9)38-49(36-45)66(10,11)12)59-32-28-55(71-59)51(54-27-31-58(60)70-54)24-20-41-17-21-43(22-18-41)62(72)73/h13-18,21-22,25-38,68-69H,1-12H3,(H,72,73). The number of carbonyl (C=O) groups is 1. The number of nitrogens with zero attached hydrogens (tertiary/aromatic N) is 3. The van der Waals surface area contributed by atoms with Gasteiger partial charge in [-0.1, -0.05) is 143 Å². The molecule has 2 aliphatic heterocycles. The molecule has 0 atom stereocenters. The van der Waals surface area contributed by atoms with Crippen molar-refractivity contribution in [3.8, 4) is 52.0 Å². The summed E-state index contributed by atoms with van der Waals surface area (Å²) in [7, 11) is 0. The van der Waals surface area contributed by atoms with Gasteiger partial charge in [0.25, 0.3) is 0 Å². The molecular formula is C66H61N5O2. The van der Waals surface area contributed by atoms with Crippen LogP contribution in [0.25, 0.3) is 68.6 Å². The Labute approximate surface area is 429 Å². The van der Waals surface area contributed by atoms with Crippen LogP contribution >= 0.6 is 0 Å². The maximum atomic E-state index is 11.8. The molecule has 0 saturated carbocycles. The first-order chi connectivity index (χ1) is 34.4. The molecule has 5 heterocycles. The van der Waals surface area contributed by atoms with Crippen LogP contribution in [0.2, 0.25) is 0 Å². The van der Waals surface area contributed by atoms with Crippen molar-refractivity contribution in [2.45, 2.75) is 105 Å². The van der Waals surface area contributed by atoms with Crippen molar-refractivity contribution in [1.82, 2.24) is 19.9 Å². The number of H-pyrrole nitrogens is 2. The lowest BCUT2D eigenvalue weighted by molar-refractivity contribution is 0.0697. The summed E-state index contributed by atoms with van der Waals surface area (Å²) in [5.74, 6) is 12.8. The summed E-state index contributed by atoms with van der Waals surface area (Å²) in [4.78, 5) is 30.4. The van der Waals surface area contributed by atoms with Crippen LogP contribution in [0.5, 0.6) is 0 Å². The average Bonchev–Trinajstić information content (AvgIpc) is 4.19. The van der Waals surface area contributed by atoms with Crippen LogP contribution in [0.3, 0.4) is 0 Å². The summed E-state index contributed by atoms with van der Waals surface area (Å²) < 4.78 is 0. The lowest BCUT2D eigenvalue weighted by Crippen LogP contribution is -2.16. The van der Waals surface area contributed by atoms with Crippen LogP contribution in [0.4, 0.5) is 0 Å². The fourth-order valence-corrected chi connectivity index (χ4v) is 8.95. The van der Waals surface area contributed by atoms with Crippen molar-refractivity contribution in [2.75, 3.05) is 0 Å². The molecule has 0 aliphatic carbocycles. The number of hydrogen-bond acceptors (Lipinski definition) is 4. The first-order valence-corrected chi connectivity index (χ1v) is 24.8. The Morgan fingerprint density at radius 1 is 0.438 bits per heavy atom. The first-order valence-electron chi connectivity index (χ1n) is 24.8. The molecule has 0 amide bonds. The molecule has 73 heavy (non-hydrogen) atoms. The number of carboxylic acids is 1. The van der Waals surface area contributed by atoms with Gasteiger partial charge in [0.2, 0.25) is 0 Å². The van der Waals surface area contributed by atoms with Gasteiger partial charge in [-0.25, -0.2) is 14.8 Å². The molecule has 362 valence electrons. The summed E-state index contributed by atoms with van der Waals surface area (Å²) in [5.41, 5.74) is 17.9. The minimum absolute atomic E-state index is 0.147. The Bertz CT molecular complexity index is 3560. The second-order valence-corrected chi connectivity index (χ2v) is 23.2. The third-order valence-electron chi connectivity index (χ3n) is 13.5. The van der Waals surface area contributed by atoms with E-state index in [1.54, 1.807) is 36.4 Å². The van der Waals surface area contributed by atoms with Crippen LogP contribution < -0.4 is 0 Å². The molecule has 3 aromatic heterocycles. The largest absolute Gasteiger partial charge is 0.478 e. The molecule has 7 heteroatoms. The topological polar surface area (TPSA) is 118 Å². The Morgan fingerprint density at radius 2 is 0.781 bits per heavy atom. The number of carboxylic acid groups (broad SMARTS) is 1. The monoisotopic (exact) mass is 955 g/mol. The quantitative estimate of drug-likeness (QED) is 0.152. The van der Waals surface area contributed by atoms with Crippen molar-refractivity contribution >= 4 is 52.3 Å². The van der Waals surface area contributed by atoms with E-state index in [0.717, 1.165) is 66.8 Å². The molecule has 3 N–H and O–H groups in total. The smallest absolute Gasteiger partial charge is 0.335 e. The van der Waals surface area contributed by atoms with Gasteiger partial charge in [-0.15, -0.1) is 0 Å². The summed E-state index contributed by atoms with van der Waals surface area (Å²) >= 11 is 0. The van der Waals surface area contributed by atoms with Gasteiger partial charge in [0.15, 0.2) is 0 Å². The molecule has 4 aromatic carbocycles. The van der Waals surface area contributed by atoms with Gasteiger partial charge in [-0.3, -0.25) is 0 Å². The zero-order valence-corrected chi connectivity index (χ0v) is 43.9. The van der Waals surface area contributed by atoms with Crippen molar-refractivity contribution in [3.05, 3.63) is 188 Å². The van der Waals surface area contributed by atoms with Gasteiger partial charge in [0.1, 0.15) is 0 Å². The predicted octanol–water partition coefficient (Wildman–Crippen LogP) is 15.5. The van der Waals surface area contributed by atoms with Crippen LogP contribution in [0, 0.1) is 35.0 Å². The van der Waals surface area contributed by atoms with Crippen molar-refractivity contribution < 1.29 is 9.90 Å². The van der Waals surface area contributed by atoms with E-state index in [-0.39, 0.29) is 27.2 Å². The molecule has 0 saturated heterocycles. The molecular weight excluding hydrogens is 895 g/mol. The van der Waals surface area contributed by atoms with Gasteiger partial charge in [0.05, 0.1) is 62.1 Å². The molecule has 0 fully saturated rings. The van der Waals surface area contributed by atoms with Gasteiger partial charge >= 0.3 is 5.97 Å². The van der Waals surface area contributed by atoms with Crippen molar-refractivity contribution in [1.29, 1.82) is 5.26 Å². The van der Waals surface area contributed by atoms with E-state index in [2.05, 4.69) is 196 Å². The van der Waals surface area contributed by atoms with Crippen LogP contribution in [0.15, 0.2) is 109 Å². The highest BCUT2D eigenvalue weighted by Crippen LogP contribution is 2.40. The predicted molar refractivity (Wildman–Crippen MR) is 301 cm³/mol. The van der Waals surface area contributed by atoms with E-state index in [4.69, 9.17) is 9.97 Å². The number of nitrogens with one attached hydrogen (secondary N) is 2. The van der Waals surface area contributed by atoms with Crippen molar-refractivity contribution in [3.63, 3.8) is 0 Å². The fraction of sp³-hybridized carbons (Fsp3) is 0.242. The van der Waals surface area contributed by atoms with Gasteiger partial charge in [-0.05, 0) is 152 Å². The minimum atomic E-state index is -0.994. The maximum absolute atomic E-state index is 11.8. The van der Waals surface area contributed by atoms with Crippen molar-refractivity contribution in [2.24, 2.45) is 0 Å². The second kappa shape index (κ2) is 18.6. The molecule has 2 aliphatic rings. The Hall–Kier alpha value is -8.44. The average molecular weight is 956 g/mol. The molecule has 7 nitrogen and oxygen atoms in total.